The maximum atomic E-state index is 14.2. The summed E-state index contributed by atoms with van der Waals surface area (Å²) in [7, 11) is 0. The van der Waals surface area contributed by atoms with Gasteiger partial charge in [0.15, 0.2) is 0 Å². The zero-order valence-corrected chi connectivity index (χ0v) is 20.4. The Morgan fingerprint density at radius 1 is 1.20 bits per heavy atom. The molecule has 0 spiro atoms. The summed E-state index contributed by atoms with van der Waals surface area (Å²) in [6.45, 7) is 4.54. The van der Waals surface area contributed by atoms with Crippen LogP contribution in [0.2, 0.25) is 5.02 Å². The van der Waals surface area contributed by atoms with Crippen LogP contribution in [0.3, 0.4) is 0 Å². The molecule has 1 aromatic carbocycles. The Morgan fingerprint density at radius 2 is 2.00 bits per heavy atom. The van der Waals surface area contributed by atoms with Gasteiger partial charge in [-0.25, -0.2) is 9.37 Å². The Labute approximate surface area is 208 Å². The molecule has 2 aromatic heterocycles. The predicted octanol–water partition coefficient (Wildman–Crippen LogP) is 3.73. The fraction of sp³-hybridized carbons (Fsp3) is 0.423. The monoisotopic (exact) mass is 497 g/mol. The van der Waals surface area contributed by atoms with Gasteiger partial charge in [0.2, 0.25) is 5.91 Å². The van der Waals surface area contributed by atoms with E-state index in [0.717, 1.165) is 37.0 Å². The van der Waals surface area contributed by atoms with Crippen molar-refractivity contribution in [3.05, 3.63) is 71.0 Å². The lowest BCUT2D eigenvalue weighted by molar-refractivity contribution is -0.126. The second-order valence-electron chi connectivity index (χ2n) is 9.49. The van der Waals surface area contributed by atoms with E-state index in [-0.39, 0.29) is 29.8 Å². The third kappa shape index (κ3) is 4.90. The normalized spacial score (nSPS) is 21.9. The van der Waals surface area contributed by atoms with Gasteiger partial charge in [0.1, 0.15) is 5.82 Å². The van der Waals surface area contributed by atoms with Gasteiger partial charge in [-0.05, 0) is 75.2 Å². The van der Waals surface area contributed by atoms with E-state index < -0.39 is 5.82 Å². The van der Waals surface area contributed by atoms with Crippen molar-refractivity contribution in [2.45, 2.75) is 44.2 Å². The molecule has 0 bridgehead atoms. The molecular formula is C26H29ClFN5O2. The lowest BCUT2D eigenvalue weighted by Gasteiger charge is -2.40. The first kappa shape index (κ1) is 23.8. The summed E-state index contributed by atoms with van der Waals surface area (Å²) in [6, 6.07) is 7.49. The number of carbonyl (C=O) groups is 2. The number of nitrogens with one attached hydrogen (secondary N) is 1. The Kier molecular flexibility index (Phi) is 6.75. The second kappa shape index (κ2) is 9.95. The van der Waals surface area contributed by atoms with Crippen molar-refractivity contribution in [2.24, 2.45) is 0 Å². The van der Waals surface area contributed by atoms with Crippen LogP contribution in [-0.4, -0.2) is 69.3 Å². The number of hydrogen-bond acceptors (Lipinski definition) is 4. The molecule has 2 aliphatic heterocycles. The minimum absolute atomic E-state index is 0.0726. The third-order valence-corrected chi connectivity index (χ3v) is 7.51. The van der Waals surface area contributed by atoms with E-state index in [1.54, 1.807) is 29.6 Å². The number of carbonyl (C=O) groups excluding carboxylic acids is 2. The highest BCUT2D eigenvalue weighted by molar-refractivity contribution is 6.30. The van der Waals surface area contributed by atoms with Crippen molar-refractivity contribution in [1.82, 2.24) is 24.5 Å². The summed E-state index contributed by atoms with van der Waals surface area (Å²) in [5.41, 5.74) is 2.03. The van der Waals surface area contributed by atoms with Crippen molar-refractivity contribution in [1.29, 1.82) is 0 Å². The van der Waals surface area contributed by atoms with Crippen LogP contribution in [0.15, 0.2) is 49.1 Å². The molecule has 3 aromatic rings. The number of pyridine rings is 1. The zero-order valence-electron chi connectivity index (χ0n) is 19.7. The Hall–Kier alpha value is -2.97. The van der Waals surface area contributed by atoms with E-state index in [1.807, 2.05) is 23.6 Å². The number of imidazole rings is 1. The standard InChI is InChI=1S/C26H29ClFN5O2/c1-17(31-7-2-3-8-31)25(34)30-23-15-32(10-6-21(23)18-11-19(27)13-20(28)12-18)26(35)22-5-4-9-33-16-29-14-24(22)33/h4-5,9,11-14,16-17,21,23H,2-3,6-8,10,15H2,1H3,(H,30,34)/t17-,21+,23-/m1/s1. The zero-order chi connectivity index (χ0) is 24.5. The summed E-state index contributed by atoms with van der Waals surface area (Å²) in [6.07, 6.45) is 7.95. The van der Waals surface area contributed by atoms with Gasteiger partial charge in [-0.1, -0.05) is 11.6 Å². The number of nitrogens with zero attached hydrogens (tertiary/aromatic N) is 4. The molecule has 5 rings (SSSR count). The molecule has 2 saturated heterocycles. The first-order valence-corrected chi connectivity index (χ1v) is 12.5. The summed E-state index contributed by atoms with van der Waals surface area (Å²) >= 11 is 6.16. The van der Waals surface area contributed by atoms with Gasteiger partial charge in [0.25, 0.3) is 5.91 Å². The van der Waals surface area contributed by atoms with Gasteiger partial charge in [-0.2, -0.15) is 0 Å². The largest absolute Gasteiger partial charge is 0.350 e. The molecule has 2 fully saturated rings. The first-order chi connectivity index (χ1) is 16.9. The summed E-state index contributed by atoms with van der Waals surface area (Å²) < 4.78 is 16.0. The van der Waals surface area contributed by atoms with Crippen molar-refractivity contribution in [2.75, 3.05) is 26.2 Å². The number of rotatable bonds is 5. The van der Waals surface area contributed by atoms with E-state index in [9.17, 15) is 14.0 Å². The third-order valence-electron chi connectivity index (χ3n) is 7.29. The van der Waals surface area contributed by atoms with E-state index in [2.05, 4.69) is 15.2 Å². The lowest BCUT2D eigenvalue weighted by Crippen LogP contribution is -2.56. The second-order valence-corrected chi connectivity index (χ2v) is 9.93. The molecule has 0 radical (unpaired) electrons. The highest BCUT2D eigenvalue weighted by Crippen LogP contribution is 2.32. The van der Waals surface area contributed by atoms with E-state index in [1.165, 1.54) is 12.1 Å². The number of hydrogen-bond donors (Lipinski definition) is 1. The summed E-state index contributed by atoms with van der Waals surface area (Å²) in [5, 5.41) is 3.51. The SMILES string of the molecule is C[C@H](C(=O)N[C@@H]1CN(C(=O)c2cccn3cncc23)CC[C@H]1c1cc(F)cc(Cl)c1)N1CCCC1. The van der Waals surface area contributed by atoms with Gasteiger partial charge in [0, 0.05) is 30.2 Å². The summed E-state index contributed by atoms with van der Waals surface area (Å²) in [5.74, 6) is -0.753. The summed E-state index contributed by atoms with van der Waals surface area (Å²) in [4.78, 5) is 34.8. The number of halogens is 2. The highest BCUT2D eigenvalue weighted by Gasteiger charge is 2.36. The van der Waals surface area contributed by atoms with Crippen molar-refractivity contribution in [3.63, 3.8) is 0 Å². The molecule has 184 valence electrons. The number of benzene rings is 1. The minimum atomic E-state index is -0.408. The maximum absolute atomic E-state index is 14.2. The van der Waals surface area contributed by atoms with Crippen LogP contribution in [0.5, 0.6) is 0 Å². The number of aromatic nitrogens is 2. The van der Waals surface area contributed by atoms with E-state index in [0.29, 0.717) is 30.1 Å². The first-order valence-electron chi connectivity index (χ1n) is 12.1. The van der Waals surface area contributed by atoms with Crippen LogP contribution in [0.25, 0.3) is 5.52 Å². The molecule has 0 unspecified atom stereocenters. The minimum Gasteiger partial charge on any atom is -0.350 e. The molecule has 2 aliphatic rings. The van der Waals surface area contributed by atoms with Gasteiger partial charge >= 0.3 is 0 Å². The molecule has 3 atom stereocenters. The maximum Gasteiger partial charge on any atom is 0.256 e. The van der Waals surface area contributed by atoms with Crippen molar-refractivity contribution < 1.29 is 14.0 Å². The van der Waals surface area contributed by atoms with Gasteiger partial charge < -0.3 is 14.6 Å². The highest BCUT2D eigenvalue weighted by atomic mass is 35.5. The topological polar surface area (TPSA) is 70.0 Å². The Morgan fingerprint density at radius 3 is 2.77 bits per heavy atom. The molecular weight excluding hydrogens is 469 g/mol. The van der Waals surface area contributed by atoms with Gasteiger partial charge in [-0.15, -0.1) is 0 Å². The number of likely N-dealkylation sites (tertiary alicyclic amines) is 2. The van der Waals surface area contributed by atoms with Crippen LogP contribution in [0.4, 0.5) is 4.39 Å². The Bertz CT molecular complexity index is 1220. The van der Waals surface area contributed by atoms with Crippen LogP contribution >= 0.6 is 11.6 Å². The molecule has 0 saturated carbocycles. The predicted molar refractivity (Wildman–Crippen MR) is 132 cm³/mol. The lowest BCUT2D eigenvalue weighted by atomic mass is 9.84. The number of amides is 2. The fourth-order valence-electron chi connectivity index (χ4n) is 5.37. The molecule has 4 heterocycles. The molecule has 0 aliphatic carbocycles. The fourth-order valence-corrected chi connectivity index (χ4v) is 5.60. The van der Waals surface area contributed by atoms with Crippen molar-refractivity contribution >= 4 is 28.9 Å². The quantitative estimate of drug-likeness (QED) is 0.583. The smallest absolute Gasteiger partial charge is 0.256 e. The van der Waals surface area contributed by atoms with Crippen LogP contribution in [0.1, 0.15) is 48.0 Å². The van der Waals surface area contributed by atoms with Gasteiger partial charge in [0.05, 0.1) is 35.7 Å². The molecule has 9 heteroatoms. The number of fused-ring (bicyclic) bond motifs is 1. The molecule has 35 heavy (non-hydrogen) atoms. The number of piperidine rings is 1. The Balaban J connectivity index is 1.41. The van der Waals surface area contributed by atoms with Crippen molar-refractivity contribution in [3.8, 4) is 0 Å². The van der Waals surface area contributed by atoms with E-state index >= 15 is 0 Å². The molecule has 7 nitrogen and oxygen atoms in total. The average Bonchev–Trinajstić information content (AvgIpc) is 3.54. The van der Waals surface area contributed by atoms with E-state index in [4.69, 9.17) is 11.6 Å². The molecule has 2 amide bonds. The average molecular weight is 498 g/mol. The van der Waals surface area contributed by atoms with Gasteiger partial charge in [-0.3, -0.25) is 14.5 Å². The van der Waals surface area contributed by atoms with Crippen LogP contribution < -0.4 is 5.32 Å². The van der Waals surface area contributed by atoms with Crippen LogP contribution in [0, 0.1) is 5.82 Å². The molecule has 1 N–H and O–H groups in total. The van der Waals surface area contributed by atoms with Crippen LogP contribution in [-0.2, 0) is 4.79 Å².